The molecule has 0 bridgehead atoms. The summed E-state index contributed by atoms with van der Waals surface area (Å²) in [7, 11) is 1.66. The number of pyridine rings is 1. The van der Waals surface area contributed by atoms with E-state index in [2.05, 4.69) is 15.4 Å². The molecule has 1 N–H and O–H groups in total. The summed E-state index contributed by atoms with van der Waals surface area (Å²) in [4.78, 5) is 27.9. The van der Waals surface area contributed by atoms with Crippen LogP contribution in [0.4, 0.5) is 0 Å². The van der Waals surface area contributed by atoms with Crippen molar-refractivity contribution in [2.75, 3.05) is 6.54 Å². The van der Waals surface area contributed by atoms with Crippen molar-refractivity contribution < 1.29 is 14.3 Å². The number of hydrogen-bond acceptors (Lipinski definition) is 5. The topological polar surface area (TPSA) is 86.1 Å². The summed E-state index contributed by atoms with van der Waals surface area (Å²) in [6.45, 7) is 0.629. The molecule has 0 saturated carbocycles. The van der Waals surface area contributed by atoms with Gasteiger partial charge in [-0.3, -0.25) is 14.5 Å². The van der Waals surface area contributed by atoms with Gasteiger partial charge in [0.15, 0.2) is 6.10 Å². The molecule has 1 amide bonds. The van der Waals surface area contributed by atoms with Gasteiger partial charge in [0.25, 0.3) is 5.91 Å². The highest BCUT2D eigenvalue weighted by atomic mass is 16.5. The second-order valence-corrected chi connectivity index (χ2v) is 5.11. The van der Waals surface area contributed by atoms with E-state index in [1.807, 2.05) is 6.07 Å². The van der Waals surface area contributed by atoms with Gasteiger partial charge in [0, 0.05) is 31.5 Å². The Morgan fingerprint density at radius 3 is 3.09 bits per heavy atom. The van der Waals surface area contributed by atoms with E-state index in [-0.39, 0.29) is 5.91 Å². The van der Waals surface area contributed by atoms with Crippen molar-refractivity contribution in [2.45, 2.75) is 18.9 Å². The van der Waals surface area contributed by atoms with Crippen LogP contribution >= 0.6 is 0 Å². The number of amides is 1. The lowest BCUT2D eigenvalue weighted by molar-refractivity contribution is -0.132. The van der Waals surface area contributed by atoms with E-state index < -0.39 is 12.1 Å². The second kappa shape index (κ2) is 5.97. The van der Waals surface area contributed by atoms with Crippen LogP contribution in [0.5, 0.6) is 0 Å². The number of nitrogens with one attached hydrogen (secondary N) is 1. The van der Waals surface area contributed by atoms with Gasteiger partial charge in [-0.25, -0.2) is 4.79 Å². The van der Waals surface area contributed by atoms with Crippen molar-refractivity contribution in [3.8, 4) is 11.3 Å². The lowest BCUT2D eigenvalue weighted by Gasteiger charge is -2.21. The third-order valence-corrected chi connectivity index (χ3v) is 3.53. The predicted octanol–water partition coefficient (Wildman–Crippen LogP) is 0.917. The molecule has 1 aliphatic rings. The highest BCUT2D eigenvalue weighted by molar-refractivity contribution is 5.92. The number of aryl methyl sites for hydroxylation is 1. The molecule has 1 unspecified atom stereocenters. The average molecular weight is 300 g/mol. The summed E-state index contributed by atoms with van der Waals surface area (Å²) >= 11 is 0. The Hall–Kier alpha value is -2.70. The molecular weight excluding hydrogens is 284 g/mol. The maximum atomic E-state index is 12.2. The van der Waals surface area contributed by atoms with E-state index in [1.165, 1.54) is 4.68 Å². The third-order valence-electron chi connectivity index (χ3n) is 3.53. The Morgan fingerprint density at radius 2 is 2.36 bits per heavy atom. The van der Waals surface area contributed by atoms with Crippen LogP contribution in [0.1, 0.15) is 23.3 Å². The van der Waals surface area contributed by atoms with Crippen LogP contribution in [-0.2, 0) is 16.6 Å². The first-order valence-electron chi connectivity index (χ1n) is 7.08. The Morgan fingerprint density at radius 1 is 1.50 bits per heavy atom. The monoisotopic (exact) mass is 300 g/mol. The van der Waals surface area contributed by atoms with Crippen LogP contribution < -0.4 is 5.32 Å². The first kappa shape index (κ1) is 14.2. The fraction of sp³-hybridized carbons (Fsp3) is 0.333. The normalized spacial score (nSPS) is 17.9. The van der Waals surface area contributed by atoms with Gasteiger partial charge < -0.3 is 10.1 Å². The first-order valence-corrected chi connectivity index (χ1v) is 7.08. The van der Waals surface area contributed by atoms with E-state index >= 15 is 0 Å². The zero-order valence-corrected chi connectivity index (χ0v) is 12.2. The number of carbonyl (C=O) groups is 2. The first-order chi connectivity index (χ1) is 10.6. The molecule has 1 aliphatic heterocycles. The molecule has 0 aliphatic carbocycles. The van der Waals surface area contributed by atoms with Gasteiger partial charge in [0.05, 0.1) is 5.69 Å². The van der Waals surface area contributed by atoms with E-state index in [0.29, 0.717) is 24.4 Å². The number of esters is 1. The van der Waals surface area contributed by atoms with E-state index in [0.717, 1.165) is 12.0 Å². The number of nitrogens with zero attached hydrogens (tertiary/aromatic N) is 3. The van der Waals surface area contributed by atoms with E-state index in [9.17, 15) is 9.59 Å². The van der Waals surface area contributed by atoms with E-state index in [4.69, 9.17) is 4.74 Å². The largest absolute Gasteiger partial charge is 0.448 e. The Bertz CT molecular complexity index is 696. The molecule has 7 nitrogen and oxygen atoms in total. The average Bonchev–Trinajstić information content (AvgIpc) is 2.92. The third kappa shape index (κ3) is 2.83. The number of aromatic nitrogens is 3. The molecule has 2 aromatic rings. The quantitative estimate of drug-likeness (QED) is 0.852. The smallest absolute Gasteiger partial charge is 0.357 e. The summed E-state index contributed by atoms with van der Waals surface area (Å²) < 4.78 is 6.74. The summed E-state index contributed by atoms with van der Waals surface area (Å²) in [5.41, 5.74) is 1.75. The fourth-order valence-electron chi connectivity index (χ4n) is 2.36. The molecule has 3 rings (SSSR count). The SMILES string of the molecule is Cn1nc(-c2cccnc2)cc1C(=O)OC1CCCNC1=O. The molecule has 0 aromatic carbocycles. The maximum Gasteiger partial charge on any atom is 0.357 e. The van der Waals surface area contributed by atoms with Crippen LogP contribution in [0.25, 0.3) is 11.3 Å². The van der Waals surface area contributed by atoms with Gasteiger partial charge in [-0.05, 0) is 31.0 Å². The second-order valence-electron chi connectivity index (χ2n) is 5.11. The number of hydrogen-bond donors (Lipinski definition) is 1. The van der Waals surface area contributed by atoms with Gasteiger partial charge >= 0.3 is 5.97 Å². The van der Waals surface area contributed by atoms with Crippen molar-refractivity contribution in [1.82, 2.24) is 20.1 Å². The molecule has 0 spiro atoms. The number of ether oxygens (including phenoxy) is 1. The van der Waals surface area contributed by atoms with Crippen LogP contribution in [0.3, 0.4) is 0 Å². The summed E-state index contributed by atoms with van der Waals surface area (Å²) in [6, 6.07) is 5.30. The van der Waals surface area contributed by atoms with Crippen molar-refractivity contribution >= 4 is 11.9 Å². The van der Waals surface area contributed by atoms with Gasteiger partial charge in [0.1, 0.15) is 5.69 Å². The number of piperidine rings is 1. The molecule has 7 heteroatoms. The van der Waals surface area contributed by atoms with Crippen molar-refractivity contribution in [1.29, 1.82) is 0 Å². The summed E-state index contributed by atoms with van der Waals surface area (Å²) in [5, 5.41) is 6.98. The van der Waals surface area contributed by atoms with Gasteiger partial charge in [0.2, 0.25) is 0 Å². The van der Waals surface area contributed by atoms with Crippen LogP contribution in [-0.4, -0.2) is 39.3 Å². The van der Waals surface area contributed by atoms with Crippen LogP contribution in [0.15, 0.2) is 30.6 Å². The number of carbonyl (C=O) groups excluding carboxylic acids is 2. The Labute approximate surface area is 127 Å². The maximum absolute atomic E-state index is 12.2. The minimum absolute atomic E-state index is 0.241. The molecule has 1 atom stereocenters. The fourth-order valence-corrected chi connectivity index (χ4v) is 2.36. The standard InChI is InChI=1S/C15H16N4O3/c1-19-12(8-11(18-19)10-4-2-6-16-9-10)15(21)22-13-5-3-7-17-14(13)20/h2,4,6,8-9,13H,3,5,7H2,1H3,(H,17,20). The predicted molar refractivity (Wildman–Crippen MR) is 77.9 cm³/mol. The Balaban J connectivity index is 1.78. The van der Waals surface area contributed by atoms with Gasteiger partial charge in [-0.15, -0.1) is 0 Å². The van der Waals surface area contributed by atoms with Crippen LogP contribution in [0, 0.1) is 0 Å². The zero-order chi connectivity index (χ0) is 15.5. The summed E-state index contributed by atoms with van der Waals surface area (Å²) in [5.74, 6) is -0.790. The van der Waals surface area contributed by atoms with E-state index in [1.54, 1.807) is 31.6 Å². The van der Waals surface area contributed by atoms with Crippen molar-refractivity contribution in [3.05, 3.63) is 36.3 Å². The number of rotatable bonds is 3. The Kier molecular flexibility index (Phi) is 3.86. The highest BCUT2D eigenvalue weighted by Gasteiger charge is 2.27. The molecule has 1 fully saturated rings. The minimum atomic E-state index is -0.724. The highest BCUT2D eigenvalue weighted by Crippen LogP contribution is 2.19. The van der Waals surface area contributed by atoms with Crippen molar-refractivity contribution in [3.63, 3.8) is 0 Å². The lowest BCUT2D eigenvalue weighted by atomic mass is 10.1. The molecule has 0 radical (unpaired) electrons. The van der Waals surface area contributed by atoms with Crippen molar-refractivity contribution in [2.24, 2.45) is 7.05 Å². The molecule has 1 saturated heterocycles. The minimum Gasteiger partial charge on any atom is -0.448 e. The van der Waals surface area contributed by atoms with Gasteiger partial charge in [-0.1, -0.05) is 0 Å². The molecule has 3 heterocycles. The lowest BCUT2D eigenvalue weighted by Crippen LogP contribution is -2.42. The van der Waals surface area contributed by atoms with Crippen LogP contribution in [0.2, 0.25) is 0 Å². The summed E-state index contributed by atoms with van der Waals surface area (Å²) in [6.07, 6.45) is 3.97. The molecule has 22 heavy (non-hydrogen) atoms. The molecule has 114 valence electrons. The zero-order valence-electron chi connectivity index (χ0n) is 12.2. The molecule has 2 aromatic heterocycles. The van der Waals surface area contributed by atoms with Gasteiger partial charge in [-0.2, -0.15) is 5.10 Å². The molecular formula is C15H16N4O3.